The zero-order valence-electron chi connectivity index (χ0n) is 18.1. The van der Waals surface area contributed by atoms with Gasteiger partial charge in [-0.05, 0) is 50.1 Å². The summed E-state index contributed by atoms with van der Waals surface area (Å²) in [6.07, 6.45) is -0.366. The van der Waals surface area contributed by atoms with Gasteiger partial charge in [-0.2, -0.15) is 5.26 Å². The van der Waals surface area contributed by atoms with Crippen LogP contribution in [-0.4, -0.2) is 38.1 Å². The minimum Gasteiger partial charge on any atom is -0.481 e. The van der Waals surface area contributed by atoms with E-state index in [0.717, 1.165) is 5.56 Å². The number of thiocarbonyl (C=S) groups is 1. The summed E-state index contributed by atoms with van der Waals surface area (Å²) >= 11 is 6.70. The van der Waals surface area contributed by atoms with Crippen molar-refractivity contribution in [1.29, 1.82) is 5.26 Å². The minimum atomic E-state index is -1.42. The molecule has 0 aliphatic rings. The maximum Gasteiger partial charge on any atom is 0.335 e. The predicted octanol–water partition coefficient (Wildman–Crippen LogP) is 4.80. The molecule has 7 nitrogen and oxygen atoms in total. The van der Waals surface area contributed by atoms with Crippen LogP contribution in [0.5, 0.6) is 5.75 Å². The molecular formula is C24H23NO6S2. The number of hydrogen-bond acceptors (Lipinski definition) is 7. The lowest BCUT2D eigenvalue weighted by Crippen LogP contribution is -2.48. The molecule has 9 heteroatoms. The predicted molar refractivity (Wildman–Crippen MR) is 128 cm³/mol. The number of aromatic carboxylic acids is 1. The van der Waals surface area contributed by atoms with Crippen LogP contribution in [0.4, 0.5) is 0 Å². The van der Waals surface area contributed by atoms with E-state index in [0.29, 0.717) is 4.20 Å². The van der Waals surface area contributed by atoms with Crippen LogP contribution in [0.15, 0.2) is 54.6 Å². The fourth-order valence-electron chi connectivity index (χ4n) is 3.01. The van der Waals surface area contributed by atoms with Crippen molar-refractivity contribution < 1.29 is 29.3 Å². The Morgan fingerprint density at radius 3 is 2.15 bits per heavy atom. The molecule has 2 atom stereocenters. The first-order valence-corrected chi connectivity index (χ1v) is 11.3. The van der Waals surface area contributed by atoms with Gasteiger partial charge in [0, 0.05) is 12.2 Å². The fourth-order valence-corrected chi connectivity index (χ4v) is 4.48. The van der Waals surface area contributed by atoms with E-state index in [4.69, 9.17) is 27.2 Å². The third-order valence-corrected chi connectivity index (χ3v) is 7.38. The van der Waals surface area contributed by atoms with E-state index in [1.807, 2.05) is 30.3 Å². The third kappa shape index (κ3) is 6.40. The van der Waals surface area contributed by atoms with Crippen molar-refractivity contribution in [3.05, 3.63) is 65.7 Å². The highest BCUT2D eigenvalue weighted by atomic mass is 32.2. The van der Waals surface area contributed by atoms with Gasteiger partial charge in [0.2, 0.25) is 0 Å². The number of thioether (sulfide) groups is 1. The number of carboxylic acids is 2. The Labute approximate surface area is 201 Å². The minimum absolute atomic E-state index is 0.0321. The van der Waals surface area contributed by atoms with E-state index >= 15 is 0 Å². The lowest BCUT2D eigenvalue weighted by atomic mass is 9.65. The van der Waals surface area contributed by atoms with Crippen molar-refractivity contribution in [3.8, 4) is 11.8 Å². The molecule has 0 amide bonds. The molecule has 2 rings (SSSR count). The number of carbonyl (C=O) groups is 3. The molecule has 0 fully saturated rings. The highest BCUT2D eigenvalue weighted by molar-refractivity contribution is 8.23. The first-order chi connectivity index (χ1) is 15.5. The molecular weight excluding hydrogens is 462 g/mol. The molecule has 0 aliphatic carbocycles. The number of esters is 1. The number of carboxylic acid groups (broad SMARTS) is 2. The Morgan fingerprint density at radius 2 is 1.64 bits per heavy atom. The van der Waals surface area contributed by atoms with E-state index in [1.54, 1.807) is 6.92 Å². The van der Waals surface area contributed by atoms with Crippen molar-refractivity contribution in [2.75, 3.05) is 5.75 Å². The molecule has 0 heterocycles. The largest absolute Gasteiger partial charge is 0.481 e. The van der Waals surface area contributed by atoms with Crippen molar-refractivity contribution >= 4 is 46.1 Å². The van der Waals surface area contributed by atoms with E-state index < -0.39 is 28.7 Å². The number of carbonyl (C=O) groups excluding carboxylic acids is 1. The molecule has 172 valence electrons. The molecule has 0 bridgehead atoms. The zero-order chi connectivity index (χ0) is 24.6. The molecule has 2 N–H and O–H groups in total. The second-order valence-electron chi connectivity index (χ2n) is 7.83. The van der Waals surface area contributed by atoms with Gasteiger partial charge >= 0.3 is 17.9 Å². The van der Waals surface area contributed by atoms with E-state index in [-0.39, 0.29) is 29.9 Å². The maximum absolute atomic E-state index is 13.4. The smallest absolute Gasteiger partial charge is 0.335 e. The Bertz CT molecular complexity index is 1080. The second-order valence-corrected chi connectivity index (χ2v) is 9.48. The Kier molecular flexibility index (Phi) is 8.74. The Hall–Kier alpha value is -3.22. The van der Waals surface area contributed by atoms with Gasteiger partial charge in [0.1, 0.15) is 5.75 Å². The third-order valence-electron chi connectivity index (χ3n) is 5.57. The molecule has 0 aliphatic heterocycles. The van der Waals surface area contributed by atoms with Crippen LogP contribution in [0.3, 0.4) is 0 Å². The van der Waals surface area contributed by atoms with E-state index in [9.17, 15) is 19.6 Å². The number of hydrogen-bond donors (Lipinski definition) is 2. The molecule has 0 saturated carbocycles. The topological polar surface area (TPSA) is 125 Å². The number of nitriles is 1. The van der Waals surface area contributed by atoms with E-state index in [1.165, 1.54) is 43.0 Å². The van der Waals surface area contributed by atoms with Gasteiger partial charge in [-0.25, -0.2) is 4.79 Å². The van der Waals surface area contributed by atoms with Gasteiger partial charge in [-0.3, -0.25) is 9.59 Å². The summed E-state index contributed by atoms with van der Waals surface area (Å²) in [5, 5.41) is 28.2. The van der Waals surface area contributed by atoms with Crippen molar-refractivity contribution in [3.63, 3.8) is 0 Å². The average Bonchev–Trinajstić information content (AvgIpc) is 2.81. The number of rotatable bonds is 10. The second kappa shape index (κ2) is 11.1. The molecule has 2 aromatic rings. The lowest BCUT2D eigenvalue weighted by molar-refractivity contribution is -0.150. The normalized spacial score (nSPS) is 14.2. The van der Waals surface area contributed by atoms with Crippen LogP contribution in [0.2, 0.25) is 0 Å². The average molecular weight is 486 g/mol. The maximum atomic E-state index is 13.4. The summed E-state index contributed by atoms with van der Waals surface area (Å²) < 4.78 is 6.05. The first kappa shape index (κ1) is 26.0. The van der Waals surface area contributed by atoms with Gasteiger partial charge in [0.25, 0.3) is 0 Å². The quantitative estimate of drug-likeness (QED) is 0.277. The van der Waals surface area contributed by atoms with Crippen LogP contribution < -0.4 is 4.74 Å². The van der Waals surface area contributed by atoms with Gasteiger partial charge in [0.15, 0.2) is 0 Å². The standard InChI is InChI=1S/C24H23NO6S2/c1-23(14-25,13-12-19(26)27)24(2,15-33-21(32)17-6-4-3-5-7-17)22(30)31-18-10-8-16(9-11-18)20(28)29/h3-11H,12-13,15H2,1-2H3,(H,26,27)(H,28,29). The number of nitrogens with zero attached hydrogens (tertiary/aromatic N) is 1. The molecule has 0 radical (unpaired) electrons. The highest BCUT2D eigenvalue weighted by Gasteiger charge is 2.52. The molecule has 0 aromatic heterocycles. The van der Waals surface area contributed by atoms with Crippen LogP contribution in [0.1, 0.15) is 42.6 Å². The SMILES string of the molecule is CC(C#N)(CCC(=O)O)C(C)(CSC(=S)c1ccccc1)C(=O)Oc1ccc(C(=O)O)cc1. The zero-order valence-corrected chi connectivity index (χ0v) is 19.7. The highest BCUT2D eigenvalue weighted by Crippen LogP contribution is 2.46. The number of ether oxygens (including phenoxy) is 1. The van der Waals surface area contributed by atoms with Crippen LogP contribution in [0, 0.1) is 22.2 Å². The molecule has 0 saturated heterocycles. The van der Waals surface area contributed by atoms with Gasteiger partial charge < -0.3 is 14.9 Å². The molecule has 0 spiro atoms. The Balaban J connectivity index is 2.34. The molecule has 33 heavy (non-hydrogen) atoms. The first-order valence-electron chi connectivity index (χ1n) is 9.93. The van der Waals surface area contributed by atoms with Gasteiger partial charge in [0.05, 0.1) is 26.7 Å². The van der Waals surface area contributed by atoms with E-state index in [2.05, 4.69) is 6.07 Å². The number of aliphatic carboxylic acids is 1. The van der Waals surface area contributed by atoms with Crippen LogP contribution >= 0.6 is 24.0 Å². The van der Waals surface area contributed by atoms with Crippen LogP contribution in [-0.2, 0) is 9.59 Å². The monoisotopic (exact) mass is 485 g/mol. The van der Waals surface area contributed by atoms with Gasteiger partial charge in [-0.15, -0.1) is 11.8 Å². The lowest BCUT2D eigenvalue weighted by Gasteiger charge is -2.39. The summed E-state index contributed by atoms with van der Waals surface area (Å²) in [5.74, 6) is -2.73. The summed E-state index contributed by atoms with van der Waals surface area (Å²) in [4.78, 5) is 35.6. The van der Waals surface area contributed by atoms with Crippen molar-refractivity contribution in [1.82, 2.24) is 0 Å². The molecule has 2 aromatic carbocycles. The summed E-state index contributed by atoms with van der Waals surface area (Å²) in [5.41, 5.74) is -1.97. The van der Waals surface area contributed by atoms with Gasteiger partial charge in [-0.1, -0.05) is 42.5 Å². The summed E-state index contributed by atoms with van der Waals surface area (Å²) in [6, 6.07) is 16.6. The number of benzene rings is 2. The van der Waals surface area contributed by atoms with Crippen molar-refractivity contribution in [2.45, 2.75) is 26.7 Å². The van der Waals surface area contributed by atoms with Crippen LogP contribution in [0.25, 0.3) is 0 Å². The fraction of sp³-hybridized carbons (Fsp3) is 0.292. The Morgan fingerprint density at radius 1 is 1.03 bits per heavy atom. The molecule has 2 unspecified atom stereocenters. The van der Waals surface area contributed by atoms with Crippen molar-refractivity contribution in [2.24, 2.45) is 10.8 Å². The summed E-state index contributed by atoms with van der Waals surface area (Å²) in [6.45, 7) is 3.10. The summed E-state index contributed by atoms with van der Waals surface area (Å²) in [7, 11) is 0.